The Morgan fingerprint density at radius 2 is 2.12 bits per heavy atom. The highest BCUT2D eigenvalue weighted by atomic mass is 35.7. The van der Waals surface area contributed by atoms with E-state index in [1.54, 1.807) is 0 Å². The Labute approximate surface area is 104 Å². The Morgan fingerprint density at radius 1 is 1.41 bits per heavy atom. The number of hydrogen-bond acceptors (Lipinski definition) is 3. The fraction of sp³-hybridized carbons (Fsp3) is 0.455. The average Bonchev–Trinajstić information content (AvgIpc) is 2.97. The highest BCUT2D eigenvalue weighted by molar-refractivity contribution is 8.13. The molecule has 0 saturated heterocycles. The van der Waals surface area contributed by atoms with Crippen molar-refractivity contribution in [1.29, 1.82) is 0 Å². The summed E-state index contributed by atoms with van der Waals surface area (Å²) in [6, 6.07) is 3.82. The van der Waals surface area contributed by atoms with E-state index in [9.17, 15) is 12.8 Å². The summed E-state index contributed by atoms with van der Waals surface area (Å²) in [7, 11) is 1.45. The molecule has 0 aliphatic heterocycles. The van der Waals surface area contributed by atoms with Crippen molar-refractivity contribution in [1.82, 2.24) is 0 Å². The molecule has 1 aliphatic rings. The molecule has 3 nitrogen and oxygen atoms in total. The van der Waals surface area contributed by atoms with Crippen LogP contribution in [0.2, 0.25) is 0 Å². The number of hydrogen-bond donors (Lipinski definition) is 0. The molecule has 1 aromatic carbocycles. The van der Waals surface area contributed by atoms with Gasteiger partial charge in [-0.2, -0.15) is 0 Å². The second-order valence-corrected chi connectivity index (χ2v) is 6.97. The van der Waals surface area contributed by atoms with Gasteiger partial charge in [0.15, 0.2) is 0 Å². The first kappa shape index (κ1) is 12.6. The van der Waals surface area contributed by atoms with Gasteiger partial charge in [-0.3, -0.25) is 0 Å². The number of benzene rings is 1. The maximum atomic E-state index is 13.0. The summed E-state index contributed by atoms with van der Waals surface area (Å²) in [4.78, 5) is 0. The zero-order valence-electron chi connectivity index (χ0n) is 9.03. The second-order valence-electron chi connectivity index (χ2n) is 4.19. The lowest BCUT2D eigenvalue weighted by Crippen LogP contribution is -2.04. The highest BCUT2D eigenvalue weighted by Crippen LogP contribution is 2.31. The SMILES string of the molecule is O=S(=O)(Cl)Cc1cc(F)ccc1OCC1CC1. The van der Waals surface area contributed by atoms with Crippen LogP contribution in [0.5, 0.6) is 5.75 Å². The van der Waals surface area contributed by atoms with Crippen molar-refractivity contribution in [2.75, 3.05) is 6.61 Å². The van der Waals surface area contributed by atoms with Crippen LogP contribution in [0.25, 0.3) is 0 Å². The van der Waals surface area contributed by atoms with Crippen LogP contribution in [0.15, 0.2) is 18.2 Å². The third-order valence-corrected chi connectivity index (χ3v) is 3.51. The molecule has 94 valence electrons. The molecule has 6 heteroatoms. The molecule has 1 aromatic rings. The van der Waals surface area contributed by atoms with Gasteiger partial charge in [0.05, 0.1) is 12.4 Å². The third kappa shape index (κ3) is 4.16. The quantitative estimate of drug-likeness (QED) is 0.778. The Bertz CT molecular complexity index is 511. The predicted molar refractivity (Wildman–Crippen MR) is 63.1 cm³/mol. The van der Waals surface area contributed by atoms with E-state index < -0.39 is 20.6 Å². The zero-order chi connectivity index (χ0) is 12.5. The monoisotopic (exact) mass is 278 g/mol. The largest absolute Gasteiger partial charge is 0.493 e. The van der Waals surface area contributed by atoms with Crippen LogP contribution in [0.3, 0.4) is 0 Å². The van der Waals surface area contributed by atoms with E-state index in [-0.39, 0.29) is 5.56 Å². The Balaban J connectivity index is 2.16. The van der Waals surface area contributed by atoms with E-state index in [2.05, 4.69) is 0 Å². The average molecular weight is 279 g/mol. The van der Waals surface area contributed by atoms with Crippen molar-refractivity contribution in [2.24, 2.45) is 5.92 Å². The molecule has 0 amide bonds. The van der Waals surface area contributed by atoms with Crippen molar-refractivity contribution in [2.45, 2.75) is 18.6 Å². The Kier molecular flexibility index (Phi) is 3.58. The molecule has 0 spiro atoms. The van der Waals surface area contributed by atoms with E-state index in [1.807, 2.05) is 0 Å². The first-order valence-electron chi connectivity index (χ1n) is 5.27. The van der Waals surface area contributed by atoms with Gasteiger partial charge in [-0.25, -0.2) is 12.8 Å². The summed E-state index contributed by atoms with van der Waals surface area (Å²) < 4.78 is 40.5. The topological polar surface area (TPSA) is 43.4 Å². The first-order chi connectivity index (χ1) is 7.94. The number of halogens is 2. The molecule has 0 atom stereocenters. The third-order valence-electron chi connectivity index (χ3n) is 2.52. The summed E-state index contributed by atoms with van der Waals surface area (Å²) in [5.41, 5.74) is 0.264. The Morgan fingerprint density at radius 3 is 2.71 bits per heavy atom. The molecule has 0 aromatic heterocycles. The second kappa shape index (κ2) is 4.82. The number of ether oxygens (including phenoxy) is 1. The lowest BCUT2D eigenvalue weighted by atomic mass is 10.2. The van der Waals surface area contributed by atoms with E-state index >= 15 is 0 Å². The number of rotatable bonds is 5. The molecule has 1 fully saturated rings. The highest BCUT2D eigenvalue weighted by Gasteiger charge is 2.23. The smallest absolute Gasteiger partial charge is 0.236 e. The standard InChI is InChI=1S/C11H12ClFO3S/c12-17(14,15)7-9-5-10(13)3-4-11(9)16-6-8-1-2-8/h3-5,8H,1-2,6-7H2. The van der Waals surface area contributed by atoms with Gasteiger partial charge in [-0.05, 0) is 37.0 Å². The van der Waals surface area contributed by atoms with Crippen molar-refractivity contribution in [3.05, 3.63) is 29.6 Å². The van der Waals surface area contributed by atoms with Crippen molar-refractivity contribution >= 4 is 19.7 Å². The fourth-order valence-electron chi connectivity index (χ4n) is 1.48. The van der Waals surface area contributed by atoms with E-state index in [4.69, 9.17) is 15.4 Å². The molecule has 0 N–H and O–H groups in total. The molecule has 0 radical (unpaired) electrons. The normalized spacial score (nSPS) is 15.9. The lowest BCUT2D eigenvalue weighted by molar-refractivity contribution is 0.297. The summed E-state index contributed by atoms with van der Waals surface area (Å²) in [5.74, 6) is 0.00823. The van der Waals surface area contributed by atoms with E-state index in [1.165, 1.54) is 12.1 Å². The molecule has 2 rings (SSSR count). The molecule has 0 bridgehead atoms. The van der Waals surface area contributed by atoms with Crippen LogP contribution >= 0.6 is 10.7 Å². The predicted octanol–water partition coefficient (Wildman–Crippen LogP) is 2.68. The summed E-state index contributed by atoms with van der Waals surface area (Å²) >= 11 is 0. The summed E-state index contributed by atoms with van der Waals surface area (Å²) in [5, 5.41) is 0. The van der Waals surface area contributed by atoms with Crippen LogP contribution in [0.1, 0.15) is 18.4 Å². The fourth-order valence-corrected chi connectivity index (χ4v) is 2.43. The van der Waals surface area contributed by atoms with Crippen LogP contribution in [0, 0.1) is 11.7 Å². The van der Waals surface area contributed by atoms with Crippen LogP contribution in [0.4, 0.5) is 4.39 Å². The van der Waals surface area contributed by atoms with Gasteiger partial charge in [0, 0.05) is 16.2 Å². The lowest BCUT2D eigenvalue weighted by Gasteiger charge is -2.10. The molecule has 1 saturated carbocycles. The van der Waals surface area contributed by atoms with Crippen LogP contribution < -0.4 is 4.74 Å². The van der Waals surface area contributed by atoms with Gasteiger partial charge >= 0.3 is 0 Å². The van der Waals surface area contributed by atoms with Crippen LogP contribution in [-0.4, -0.2) is 15.0 Å². The van der Waals surface area contributed by atoms with Gasteiger partial charge in [0.25, 0.3) is 0 Å². The van der Waals surface area contributed by atoms with E-state index in [0.717, 1.165) is 18.9 Å². The minimum absolute atomic E-state index is 0.264. The summed E-state index contributed by atoms with van der Waals surface area (Å²) in [6.07, 6.45) is 2.26. The van der Waals surface area contributed by atoms with Gasteiger partial charge in [-0.1, -0.05) is 0 Å². The van der Waals surface area contributed by atoms with Gasteiger partial charge < -0.3 is 4.74 Å². The van der Waals surface area contributed by atoms with Gasteiger partial charge in [0.2, 0.25) is 9.05 Å². The molecule has 1 aliphatic carbocycles. The molecule has 0 unspecified atom stereocenters. The van der Waals surface area contributed by atoms with Crippen molar-refractivity contribution in [3.63, 3.8) is 0 Å². The maximum absolute atomic E-state index is 13.0. The van der Waals surface area contributed by atoms with E-state index in [0.29, 0.717) is 18.3 Å². The van der Waals surface area contributed by atoms with Crippen LogP contribution in [-0.2, 0) is 14.8 Å². The molecular weight excluding hydrogens is 267 g/mol. The molecular formula is C11H12ClFO3S. The van der Waals surface area contributed by atoms with Gasteiger partial charge in [-0.15, -0.1) is 0 Å². The molecule has 17 heavy (non-hydrogen) atoms. The first-order valence-corrected chi connectivity index (χ1v) is 7.75. The minimum Gasteiger partial charge on any atom is -0.493 e. The maximum Gasteiger partial charge on any atom is 0.236 e. The Hall–Kier alpha value is -0.810. The minimum atomic E-state index is -3.71. The summed E-state index contributed by atoms with van der Waals surface area (Å²) in [6.45, 7) is 0.543. The van der Waals surface area contributed by atoms with Gasteiger partial charge in [0.1, 0.15) is 11.6 Å². The van der Waals surface area contributed by atoms with Crippen molar-refractivity contribution < 1.29 is 17.5 Å². The zero-order valence-corrected chi connectivity index (χ0v) is 10.6. The van der Waals surface area contributed by atoms with Crippen molar-refractivity contribution in [3.8, 4) is 5.75 Å². The molecule has 0 heterocycles.